The van der Waals surface area contributed by atoms with Gasteiger partial charge in [-0.15, -0.1) is 0 Å². The van der Waals surface area contributed by atoms with Crippen molar-refractivity contribution in [3.8, 4) is 23.1 Å². The topological polar surface area (TPSA) is 127 Å². The number of aromatic amines is 1. The van der Waals surface area contributed by atoms with Crippen LogP contribution in [0.15, 0.2) is 36.8 Å². The number of hydrogen-bond acceptors (Lipinski definition) is 6. The number of ether oxygens (including phenoxy) is 2. The van der Waals surface area contributed by atoms with Crippen LogP contribution in [0.3, 0.4) is 0 Å². The number of primary amides is 1. The Morgan fingerprint density at radius 2 is 2.14 bits per heavy atom. The van der Waals surface area contributed by atoms with Crippen LogP contribution in [0.4, 0.5) is 4.79 Å². The van der Waals surface area contributed by atoms with E-state index in [9.17, 15) is 10.1 Å². The van der Waals surface area contributed by atoms with Crippen molar-refractivity contribution in [1.29, 1.82) is 5.26 Å². The summed E-state index contributed by atoms with van der Waals surface area (Å²) in [4.78, 5) is 22.9. The maximum Gasteiger partial charge on any atom is 0.405 e. The molecule has 2 heterocycles. The molecule has 0 spiro atoms. The molecule has 2 aromatic heterocycles. The first-order chi connectivity index (χ1) is 13.8. The van der Waals surface area contributed by atoms with Gasteiger partial charge < -0.3 is 20.2 Å². The molecular formula is C21H23N5O3. The number of rotatable bonds is 7. The molecule has 0 aliphatic rings. The molecule has 0 saturated carbocycles. The molecule has 0 radical (unpaired) electrons. The third kappa shape index (κ3) is 4.63. The molecular weight excluding hydrogens is 370 g/mol. The van der Waals surface area contributed by atoms with Gasteiger partial charge in [-0.25, -0.2) is 14.8 Å². The highest BCUT2D eigenvalue weighted by molar-refractivity contribution is 5.90. The fraction of sp³-hybridized carbons (Fsp3) is 0.333. The Morgan fingerprint density at radius 1 is 1.34 bits per heavy atom. The van der Waals surface area contributed by atoms with E-state index in [1.54, 1.807) is 25.3 Å². The predicted octanol–water partition coefficient (Wildman–Crippen LogP) is 3.78. The second kappa shape index (κ2) is 8.19. The molecule has 3 N–H and O–H groups in total. The fourth-order valence-electron chi connectivity index (χ4n) is 3.46. The molecule has 0 fully saturated rings. The summed E-state index contributed by atoms with van der Waals surface area (Å²) in [6, 6.07) is 9.32. The van der Waals surface area contributed by atoms with Crippen LogP contribution >= 0.6 is 0 Å². The number of nitriles is 1. The number of carbonyl (C=O) groups is 1. The molecule has 0 saturated heterocycles. The summed E-state index contributed by atoms with van der Waals surface area (Å²) in [5.74, 6) is 0.668. The molecule has 0 aliphatic carbocycles. The number of fused-ring (bicyclic) bond motifs is 1. The highest BCUT2D eigenvalue weighted by Gasteiger charge is 2.31. The summed E-state index contributed by atoms with van der Waals surface area (Å²) in [5.41, 5.74) is 6.90. The van der Waals surface area contributed by atoms with Gasteiger partial charge in [0.15, 0.2) is 0 Å². The third-order valence-corrected chi connectivity index (χ3v) is 4.45. The van der Waals surface area contributed by atoms with Crippen molar-refractivity contribution >= 4 is 17.1 Å². The van der Waals surface area contributed by atoms with Crippen molar-refractivity contribution in [1.82, 2.24) is 15.0 Å². The molecule has 1 aromatic carbocycles. The fourth-order valence-corrected chi connectivity index (χ4v) is 3.46. The van der Waals surface area contributed by atoms with E-state index >= 15 is 0 Å². The minimum Gasteiger partial charge on any atom is -0.488 e. The maximum absolute atomic E-state index is 11.3. The van der Waals surface area contributed by atoms with Gasteiger partial charge in [0.25, 0.3) is 0 Å². The molecule has 0 aliphatic heterocycles. The van der Waals surface area contributed by atoms with Crippen molar-refractivity contribution < 1.29 is 14.3 Å². The summed E-state index contributed by atoms with van der Waals surface area (Å²) in [5, 5.41) is 10.5. The molecule has 0 bridgehead atoms. The smallest absolute Gasteiger partial charge is 0.405 e. The predicted molar refractivity (Wildman–Crippen MR) is 108 cm³/mol. The molecule has 3 aromatic rings. The lowest BCUT2D eigenvalue weighted by molar-refractivity contribution is -0.0186. The van der Waals surface area contributed by atoms with Crippen molar-refractivity contribution in [3.63, 3.8) is 0 Å². The van der Waals surface area contributed by atoms with E-state index in [2.05, 4.69) is 21.0 Å². The van der Waals surface area contributed by atoms with Crippen molar-refractivity contribution in [3.05, 3.63) is 42.4 Å². The lowest BCUT2D eigenvalue weighted by Crippen LogP contribution is -2.41. The van der Waals surface area contributed by atoms with Crippen LogP contribution < -0.4 is 10.5 Å². The molecule has 1 unspecified atom stereocenters. The number of carbonyl (C=O) groups excluding carboxylic acids is 1. The molecule has 8 heteroatoms. The second-order valence-electron chi connectivity index (χ2n) is 7.54. The van der Waals surface area contributed by atoms with Crippen LogP contribution in [0.1, 0.15) is 32.8 Å². The van der Waals surface area contributed by atoms with Gasteiger partial charge in [-0.1, -0.05) is 13.8 Å². The molecule has 150 valence electrons. The summed E-state index contributed by atoms with van der Waals surface area (Å²) in [7, 11) is 0. The molecule has 29 heavy (non-hydrogen) atoms. The van der Waals surface area contributed by atoms with E-state index in [1.807, 2.05) is 26.0 Å². The number of benzene rings is 1. The first-order valence-electron chi connectivity index (χ1n) is 9.25. The average molecular weight is 393 g/mol. The van der Waals surface area contributed by atoms with Crippen LogP contribution in [0, 0.1) is 17.2 Å². The van der Waals surface area contributed by atoms with Crippen LogP contribution in [0.25, 0.3) is 22.3 Å². The van der Waals surface area contributed by atoms with Gasteiger partial charge in [0.05, 0.1) is 11.3 Å². The van der Waals surface area contributed by atoms with Crippen LogP contribution in [-0.4, -0.2) is 33.3 Å². The van der Waals surface area contributed by atoms with E-state index in [-0.39, 0.29) is 12.5 Å². The molecule has 1 amide bonds. The van der Waals surface area contributed by atoms with E-state index in [4.69, 9.17) is 15.2 Å². The number of nitrogens with two attached hydrogens (primary N) is 1. The number of H-pyrrole nitrogens is 1. The average Bonchev–Trinajstić information content (AvgIpc) is 3.13. The zero-order valence-electron chi connectivity index (χ0n) is 16.6. The Morgan fingerprint density at radius 3 is 2.83 bits per heavy atom. The number of hydrogen-bond donors (Lipinski definition) is 2. The highest BCUT2D eigenvalue weighted by atomic mass is 16.6. The Bertz CT molecular complexity index is 1070. The monoisotopic (exact) mass is 393 g/mol. The lowest BCUT2D eigenvalue weighted by Gasteiger charge is -2.30. The van der Waals surface area contributed by atoms with Crippen molar-refractivity contribution in [2.45, 2.75) is 32.8 Å². The molecule has 8 nitrogen and oxygen atoms in total. The van der Waals surface area contributed by atoms with E-state index in [1.165, 1.54) is 6.33 Å². The number of nitrogens with one attached hydrogen (secondary N) is 1. The summed E-state index contributed by atoms with van der Waals surface area (Å²) < 4.78 is 11.2. The first-order valence-corrected chi connectivity index (χ1v) is 9.25. The largest absolute Gasteiger partial charge is 0.488 e. The van der Waals surface area contributed by atoms with E-state index in [0.717, 1.165) is 22.3 Å². The van der Waals surface area contributed by atoms with Crippen LogP contribution in [-0.2, 0) is 4.74 Å². The Kier molecular flexibility index (Phi) is 5.69. The lowest BCUT2D eigenvalue weighted by atomic mass is 9.95. The standard InChI is InChI=1S/C21H23N5O3/c1-13(2)9-21(3,29-20(23)27)11-28-17-5-4-14(8-15(17)10-22)18-16-6-7-24-19(16)26-12-25-18/h4-8,12-13H,9,11H2,1-3H3,(H2,23,27)(H,24,25,26). The summed E-state index contributed by atoms with van der Waals surface area (Å²) in [6.07, 6.45) is 2.98. The molecule has 1 atom stereocenters. The minimum absolute atomic E-state index is 0.0811. The van der Waals surface area contributed by atoms with Gasteiger partial charge in [-0.3, -0.25) is 0 Å². The van der Waals surface area contributed by atoms with Gasteiger partial charge in [0, 0.05) is 17.1 Å². The van der Waals surface area contributed by atoms with E-state index < -0.39 is 11.7 Å². The van der Waals surface area contributed by atoms with Gasteiger partial charge in [0.1, 0.15) is 36.0 Å². The van der Waals surface area contributed by atoms with Crippen molar-refractivity contribution in [2.75, 3.05) is 6.61 Å². The zero-order chi connectivity index (χ0) is 21.0. The van der Waals surface area contributed by atoms with Crippen molar-refractivity contribution in [2.24, 2.45) is 11.7 Å². The first kappa shape index (κ1) is 20.1. The zero-order valence-corrected chi connectivity index (χ0v) is 16.6. The summed E-state index contributed by atoms with van der Waals surface area (Å²) >= 11 is 0. The number of aromatic nitrogens is 3. The highest BCUT2D eigenvalue weighted by Crippen LogP contribution is 2.30. The maximum atomic E-state index is 11.3. The second-order valence-corrected chi connectivity index (χ2v) is 7.54. The molecule has 3 rings (SSSR count). The van der Waals surface area contributed by atoms with Gasteiger partial charge >= 0.3 is 6.09 Å². The third-order valence-electron chi connectivity index (χ3n) is 4.45. The van der Waals surface area contributed by atoms with Crippen LogP contribution in [0.5, 0.6) is 5.75 Å². The van der Waals surface area contributed by atoms with Gasteiger partial charge in [-0.05, 0) is 43.5 Å². The number of nitrogens with zero attached hydrogens (tertiary/aromatic N) is 3. The van der Waals surface area contributed by atoms with Gasteiger partial charge in [0.2, 0.25) is 0 Å². The van der Waals surface area contributed by atoms with Gasteiger partial charge in [-0.2, -0.15) is 5.26 Å². The Hall–Kier alpha value is -3.60. The minimum atomic E-state index is -0.894. The Labute approximate surface area is 168 Å². The van der Waals surface area contributed by atoms with E-state index in [0.29, 0.717) is 17.7 Å². The number of amides is 1. The van der Waals surface area contributed by atoms with Crippen LogP contribution in [0.2, 0.25) is 0 Å². The summed E-state index contributed by atoms with van der Waals surface area (Å²) in [6.45, 7) is 5.88. The quantitative estimate of drug-likeness (QED) is 0.629. The normalized spacial score (nSPS) is 13.1. The SMILES string of the molecule is CC(C)CC(C)(COc1ccc(-c2ncnc3[nH]ccc23)cc1C#N)OC(N)=O. The Balaban J connectivity index is 1.87.